The van der Waals surface area contributed by atoms with Crippen LogP contribution in [-0.2, 0) is 9.53 Å². The molecular weight excluding hydrogens is 206 g/mol. The maximum absolute atomic E-state index is 11.0. The second-order valence-electron chi connectivity index (χ2n) is 4.04. The maximum Gasteiger partial charge on any atom is 0.310 e. The highest BCUT2D eigenvalue weighted by molar-refractivity contribution is 5.71. The lowest BCUT2D eigenvalue weighted by Gasteiger charge is -2.29. The molecule has 2 unspecified atom stereocenters. The van der Waals surface area contributed by atoms with Gasteiger partial charge in [-0.1, -0.05) is 6.92 Å². The molecule has 0 radical (unpaired) electrons. The lowest BCUT2D eigenvalue weighted by atomic mass is 10.0. The second-order valence-corrected chi connectivity index (χ2v) is 4.04. The van der Waals surface area contributed by atoms with E-state index in [1.807, 2.05) is 0 Å². The Kier molecular flexibility index (Phi) is 5.30. The van der Waals surface area contributed by atoms with Crippen molar-refractivity contribution >= 4 is 5.97 Å². The van der Waals surface area contributed by atoms with Gasteiger partial charge >= 0.3 is 5.97 Å². The third-order valence-corrected chi connectivity index (χ3v) is 2.89. The third kappa shape index (κ3) is 3.22. The molecular formula is C12H19NO3. The van der Waals surface area contributed by atoms with Gasteiger partial charge in [0.05, 0.1) is 19.1 Å². The van der Waals surface area contributed by atoms with Gasteiger partial charge < -0.3 is 9.84 Å². The van der Waals surface area contributed by atoms with Crippen molar-refractivity contribution in [2.45, 2.75) is 25.8 Å². The lowest BCUT2D eigenvalue weighted by Crippen LogP contribution is -2.44. The maximum atomic E-state index is 11.0. The molecule has 1 fully saturated rings. The van der Waals surface area contributed by atoms with E-state index in [0.29, 0.717) is 19.6 Å². The molecule has 1 heterocycles. The Balaban J connectivity index is 2.61. The lowest BCUT2D eigenvalue weighted by molar-refractivity contribution is -0.143. The second kappa shape index (κ2) is 6.51. The van der Waals surface area contributed by atoms with E-state index in [1.165, 1.54) is 0 Å². The van der Waals surface area contributed by atoms with Crippen LogP contribution in [0.4, 0.5) is 0 Å². The fourth-order valence-electron chi connectivity index (χ4n) is 2.08. The number of rotatable bonds is 6. The number of aliphatic carboxylic acids is 1. The van der Waals surface area contributed by atoms with Gasteiger partial charge in [0, 0.05) is 19.0 Å². The van der Waals surface area contributed by atoms with Gasteiger partial charge in [-0.3, -0.25) is 9.69 Å². The summed E-state index contributed by atoms with van der Waals surface area (Å²) < 4.78 is 5.26. The molecule has 0 aromatic rings. The van der Waals surface area contributed by atoms with Crippen LogP contribution < -0.4 is 0 Å². The molecule has 0 spiro atoms. The van der Waals surface area contributed by atoms with Gasteiger partial charge in [-0.15, -0.1) is 12.3 Å². The molecule has 0 amide bonds. The van der Waals surface area contributed by atoms with Crippen molar-refractivity contribution in [2.75, 3.05) is 26.3 Å². The van der Waals surface area contributed by atoms with Gasteiger partial charge in [-0.05, 0) is 13.0 Å². The molecule has 1 rings (SSSR count). The summed E-state index contributed by atoms with van der Waals surface area (Å²) in [6.07, 6.45) is 6.89. The summed E-state index contributed by atoms with van der Waals surface area (Å²) in [7, 11) is 0. The molecule has 4 heteroatoms. The van der Waals surface area contributed by atoms with Crippen molar-refractivity contribution in [3.63, 3.8) is 0 Å². The number of ether oxygens (including phenoxy) is 1. The molecule has 0 aromatic heterocycles. The Morgan fingerprint density at radius 1 is 1.56 bits per heavy atom. The number of hydrogen-bond acceptors (Lipinski definition) is 3. The molecule has 0 aliphatic carbocycles. The van der Waals surface area contributed by atoms with Crippen LogP contribution in [0.25, 0.3) is 0 Å². The molecule has 1 aliphatic heterocycles. The molecule has 0 saturated carbocycles. The van der Waals surface area contributed by atoms with Crippen LogP contribution in [0.5, 0.6) is 0 Å². The van der Waals surface area contributed by atoms with Crippen molar-refractivity contribution in [1.82, 2.24) is 4.90 Å². The highest BCUT2D eigenvalue weighted by Crippen LogP contribution is 2.20. The van der Waals surface area contributed by atoms with Crippen LogP contribution in [0.3, 0.4) is 0 Å². The summed E-state index contributed by atoms with van der Waals surface area (Å²) in [4.78, 5) is 13.2. The predicted molar refractivity (Wildman–Crippen MR) is 61.0 cm³/mol. The zero-order chi connectivity index (χ0) is 12.0. The summed E-state index contributed by atoms with van der Waals surface area (Å²) >= 11 is 0. The number of terminal acetylenes is 1. The van der Waals surface area contributed by atoms with Crippen molar-refractivity contribution < 1.29 is 14.6 Å². The first kappa shape index (κ1) is 13.0. The Morgan fingerprint density at radius 3 is 2.88 bits per heavy atom. The average Bonchev–Trinajstić information content (AvgIpc) is 2.73. The highest BCUT2D eigenvalue weighted by atomic mass is 16.5. The molecule has 1 N–H and O–H groups in total. The first-order valence-corrected chi connectivity index (χ1v) is 5.68. The highest BCUT2D eigenvalue weighted by Gasteiger charge is 2.37. The number of carboxylic acid groups (broad SMARTS) is 1. The Labute approximate surface area is 96.6 Å². The minimum absolute atomic E-state index is 0.0224. The number of carbonyl (C=O) groups is 1. The van der Waals surface area contributed by atoms with Crippen LogP contribution >= 0.6 is 0 Å². The smallest absolute Gasteiger partial charge is 0.310 e. The molecule has 0 bridgehead atoms. The van der Waals surface area contributed by atoms with E-state index < -0.39 is 11.9 Å². The van der Waals surface area contributed by atoms with Crippen LogP contribution in [0.2, 0.25) is 0 Å². The topological polar surface area (TPSA) is 49.8 Å². The zero-order valence-corrected chi connectivity index (χ0v) is 9.69. The average molecular weight is 225 g/mol. The summed E-state index contributed by atoms with van der Waals surface area (Å²) in [5.41, 5.74) is 0. The standard InChI is InChI=1S/C12H19NO3/c1-3-5-7-13(6-4-2)11-9-16-8-10(11)12(14)15/h1,10-11H,4-9H2,2H3,(H,14,15). The van der Waals surface area contributed by atoms with Crippen LogP contribution in [-0.4, -0.2) is 48.3 Å². The molecule has 0 aromatic carbocycles. The van der Waals surface area contributed by atoms with E-state index in [4.69, 9.17) is 16.3 Å². The molecule has 90 valence electrons. The van der Waals surface area contributed by atoms with Crippen LogP contribution in [0.1, 0.15) is 19.8 Å². The van der Waals surface area contributed by atoms with Gasteiger partial charge in [0.15, 0.2) is 0 Å². The molecule has 1 saturated heterocycles. The number of nitrogens with zero attached hydrogens (tertiary/aromatic N) is 1. The van der Waals surface area contributed by atoms with Crippen molar-refractivity contribution in [1.29, 1.82) is 0 Å². The monoisotopic (exact) mass is 225 g/mol. The number of carboxylic acids is 1. The van der Waals surface area contributed by atoms with Crippen molar-refractivity contribution in [3.05, 3.63) is 0 Å². The SMILES string of the molecule is C#CCCN(CCC)C1COCC1C(=O)O. The van der Waals surface area contributed by atoms with Gasteiger partial charge in [0.2, 0.25) is 0 Å². The summed E-state index contributed by atoms with van der Waals surface area (Å²) in [5, 5.41) is 9.08. The molecule has 4 nitrogen and oxygen atoms in total. The van der Waals surface area contributed by atoms with Crippen molar-refractivity contribution in [3.8, 4) is 12.3 Å². The van der Waals surface area contributed by atoms with Gasteiger partial charge in [0.1, 0.15) is 0 Å². The summed E-state index contributed by atoms with van der Waals surface area (Å²) in [6.45, 7) is 4.52. The molecule has 16 heavy (non-hydrogen) atoms. The summed E-state index contributed by atoms with van der Waals surface area (Å²) in [6, 6.07) is -0.0224. The fourth-order valence-corrected chi connectivity index (χ4v) is 2.08. The Morgan fingerprint density at radius 2 is 2.31 bits per heavy atom. The Hall–Kier alpha value is -1.05. The van der Waals surface area contributed by atoms with E-state index in [-0.39, 0.29) is 6.04 Å². The summed E-state index contributed by atoms with van der Waals surface area (Å²) in [5.74, 6) is 1.41. The van der Waals surface area contributed by atoms with Crippen LogP contribution in [0, 0.1) is 18.3 Å². The Bertz CT molecular complexity index is 272. The largest absolute Gasteiger partial charge is 0.481 e. The minimum Gasteiger partial charge on any atom is -0.481 e. The number of hydrogen-bond donors (Lipinski definition) is 1. The van der Waals surface area contributed by atoms with E-state index in [9.17, 15) is 4.79 Å². The predicted octanol–water partition coefficient (Wildman–Crippen LogP) is 0.821. The van der Waals surface area contributed by atoms with Crippen molar-refractivity contribution in [2.24, 2.45) is 5.92 Å². The first-order valence-electron chi connectivity index (χ1n) is 5.68. The quantitative estimate of drug-likeness (QED) is 0.680. The fraction of sp³-hybridized carbons (Fsp3) is 0.750. The third-order valence-electron chi connectivity index (χ3n) is 2.89. The van der Waals surface area contributed by atoms with Gasteiger partial charge in [-0.25, -0.2) is 0 Å². The van der Waals surface area contributed by atoms with E-state index in [2.05, 4.69) is 17.7 Å². The van der Waals surface area contributed by atoms with E-state index in [0.717, 1.165) is 19.5 Å². The van der Waals surface area contributed by atoms with Gasteiger partial charge in [0.25, 0.3) is 0 Å². The normalized spacial score (nSPS) is 24.6. The zero-order valence-electron chi connectivity index (χ0n) is 9.69. The molecule has 2 atom stereocenters. The first-order chi connectivity index (χ1) is 7.70. The van der Waals surface area contributed by atoms with E-state index >= 15 is 0 Å². The van der Waals surface area contributed by atoms with Crippen LogP contribution in [0.15, 0.2) is 0 Å². The molecule has 1 aliphatic rings. The minimum atomic E-state index is -0.774. The van der Waals surface area contributed by atoms with Gasteiger partial charge in [-0.2, -0.15) is 0 Å². The van der Waals surface area contributed by atoms with E-state index in [1.54, 1.807) is 0 Å².